The lowest BCUT2D eigenvalue weighted by Gasteiger charge is -2.29. The fourth-order valence-electron chi connectivity index (χ4n) is 2.52. The lowest BCUT2D eigenvalue weighted by atomic mass is 10.00. The molecule has 1 amide bonds. The maximum Gasteiger partial charge on any atom is 0.243 e. The van der Waals surface area contributed by atoms with E-state index in [1.807, 2.05) is 14.0 Å². The maximum atomic E-state index is 11.8. The average Bonchev–Trinajstić information content (AvgIpc) is 2.57. The summed E-state index contributed by atoms with van der Waals surface area (Å²) in [6.07, 6.45) is 3.08. The van der Waals surface area contributed by atoms with Gasteiger partial charge in [-0.3, -0.25) is 4.79 Å². The third-order valence-electron chi connectivity index (χ3n) is 4.05. The van der Waals surface area contributed by atoms with E-state index in [9.17, 15) is 4.79 Å². The van der Waals surface area contributed by atoms with Crippen LogP contribution in [0.5, 0.6) is 0 Å². The van der Waals surface area contributed by atoms with E-state index < -0.39 is 0 Å². The van der Waals surface area contributed by atoms with Crippen LogP contribution in [-0.2, 0) is 14.3 Å². The van der Waals surface area contributed by atoms with Gasteiger partial charge in [-0.1, -0.05) is 0 Å². The van der Waals surface area contributed by atoms with Crippen molar-refractivity contribution in [1.29, 1.82) is 0 Å². The number of amides is 1. The van der Waals surface area contributed by atoms with E-state index in [1.54, 1.807) is 19.0 Å². The summed E-state index contributed by atoms with van der Waals surface area (Å²) >= 11 is 0. The lowest BCUT2D eigenvalue weighted by molar-refractivity contribution is -0.127. The summed E-state index contributed by atoms with van der Waals surface area (Å²) in [7, 11) is 5.53. The van der Waals surface area contributed by atoms with Gasteiger partial charge < -0.3 is 24.6 Å². The number of carbonyl (C=O) groups is 1. The minimum absolute atomic E-state index is 0. The minimum Gasteiger partial charge on any atom is -0.382 e. The Balaban J connectivity index is 0.00000576. The van der Waals surface area contributed by atoms with Crippen molar-refractivity contribution in [2.45, 2.75) is 26.2 Å². The Labute approximate surface area is 169 Å². The number of carbonyl (C=O) groups excluding carboxylic acids is 1. The number of hydrogen-bond donors (Lipinski definition) is 1. The molecule has 148 valence electrons. The van der Waals surface area contributed by atoms with Crippen molar-refractivity contribution in [3.63, 3.8) is 0 Å². The molecular formula is C17H35IN4O3. The number of rotatable bonds is 9. The van der Waals surface area contributed by atoms with Crippen LogP contribution in [0.1, 0.15) is 26.2 Å². The van der Waals surface area contributed by atoms with Gasteiger partial charge in [0.05, 0.1) is 0 Å². The molecule has 0 aromatic rings. The van der Waals surface area contributed by atoms with E-state index >= 15 is 0 Å². The molecule has 7 nitrogen and oxygen atoms in total. The second kappa shape index (κ2) is 14.5. The smallest absolute Gasteiger partial charge is 0.243 e. The van der Waals surface area contributed by atoms with Crippen molar-refractivity contribution in [2.75, 3.05) is 67.2 Å². The van der Waals surface area contributed by atoms with Gasteiger partial charge >= 0.3 is 0 Å². The standard InChI is InChI=1S/C17H34N4O3.HI/c1-5-23-10-6-9-18-17(19-13-16(22)20(2)3)21(4)14-15-7-11-24-12-8-15;/h15H,5-14H2,1-4H3,(H,18,19);1H. The molecule has 1 aliphatic rings. The molecule has 1 heterocycles. The van der Waals surface area contributed by atoms with Gasteiger partial charge in [-0.15, -0.1) is 24.0 Å². The van der Waals surface area contributed by atoms with Crippen molar-refractivity contribution in [3.8, 4) is 0 Å². The first-order valence-electron chi connectivity index (χ1n) is 8.89. The topological polar surface area (TPSA) is 66.4 Å². The van der Waals surface area contributed by atoms with Crippen LogP contribution in [0, 0.1) is 5.92 Å². The van der Waals surface area contributed by atoms with E-state index in [2.05, 4.69) is 15.2 Å². The van der Waals surface area contributed by atoms with E-state index in [0.29, 0.717) is 5.92 Å². The number of guanidine groups is 1. The molecule has 0 radical (unpaired) electrons. The molecule has 1 aliphatic heterocycles. The summed E-state index contributed by atoms with van der Waals surface area (Å²) in [5, 5.41) is 3.36. The fourth-order valence-corrected chi connectivity index (χ4v) is 2.52. The predicted octanol–water partition coefficient (Wildman–Crippen LogP) is 1.42. The van der Waals surface area contributed by atoms with Crippen molar-refractivity contribution in [2.24, 2.45) is 10.9 Å². The van der Waals surface area contributed by atoms with Gasteiger partial charge in [0.1, 0.15) is 6.54 Å². The summed E-state index contributed by atoms with van der Waals surface area (Å²) in [6, 6.07) is 0. The second-order valence-corrected chi connectivity index (χ2v) is 6.34. The van der Waals surface area contributed by atoms with Crippen LogP contribution in [0.2, 0.25) is 0 Å². The minimum atomic E-state index is 0. The monoisotopic (exact) mass is 470 g/mol. The Morgan fingerprint density at radius 1 is 1.28 bits per heavy atom. The molecule has 1 rings (SSSR count). The Bertz CT molecular complexity index is 388. The number of hydrogen-bond acceptors (Lipinski definition) is 4. The van der Waals surface area contributed by atoms with Crippen LogP contribution in [-0.4, -0.2) is 88.9 Å². The van der Waals surface area contributed by atoms with Gasteiger partial charge in [0.25, 0.3) is 0 Å². The highest BCUT2D eigenvalue weighted by Crippen LogP contribution is 2.15. The Morgan fingerprint density at radius 3 is 2.56 bits per heavy atom. The zero-order valence-corrected chi connectivity index (χ0v) is 18.5. The van der Waals surface area contributed by atoms with E-state index in [0.717, 1.165) is 64.7 Å². The molecule has 1 N–H and O–H groups in total. The molecule has 1 fully saturated rings. The number of halogens is 1. The first kappa shape index (κ1) is 24.4. The Hall–Kier alpha value is -0.610. The van der Waals surface area contributed by atoms with Gasteiger partial charge in [-0.25, -0.2) is 4.99 Å². The Morgan fingerprint density at radius 2 is 1.96 bits per heavy atom. The number of aliphatic imine (C=N–C) groups is 1. The molecule has 0 spiro atoms. The zero-order valence-electron chi connectivity index (χ0n) is 16.1. The molecule has 0 aromatic heterocycles. The second-order valence-electron chi connectivity index (χ2n) is 6.34. The van der Waals surface area contributed by atoms with Crippen LogP contribution in [0.25, 0.3) is 0 Å². The SMILES string of the molecule is CCOCCCNC(=NCC(=O)N(C)C)N(C)CC1CCOCC1.I. The van der Waals surface area contributed by atoms with Gasteiger partial charge in [0.15, 0.2) is 5.96 Å². The van der Waals surface area contributed by atoms with Gasteiger partial charge in [0.2, 0.25) is 5.91 Å². The largest absolute Gasteiger partial charge is 0.382 e. The highest BCUT2D eigenvalue weighted by Gasteiger charge is 2.18. The quantitative estimate of drug-likeness (QED) is 0.239. The predicted molar refractivity (Wildman–Crippen MR) is 112 cm³/mol. The molecule has 0 aliphatic carbocycles. The molecule has 0 aromatic carbocycles. The highest BCUT2D eigenvalue weighted by atomic mass is 127. The molecular weight excluding hydrogens is 435 g/mol. The third-order valence-corrected chi connectivity index (χ3v) is 4.05. The van der Waals surface area contributed by atoms with Gasteiger partial charge in [-0.2, -0.15) is 0 Å². The van der Waals surface area contributed by atoms with Gasteiger partial charge in [-0.05, 0) is 32.1 Å². The molecule has 8 heteroatoms. The van der Waals surface area contributed by atoms with Crippen molar-refractivity contribution in [1.82, 2.24) is 15.1 Å². The lowest BCUT2D eigenvalue weighted by Crippen LogP contribution is -2.43. The normalized spacial score (nSPS) is 15.4. The summed E-state index contributed by atoms with van der Waals surface area (Å²) in [4.78, 5) is 20.0. The van der Waals surface area contributed by atoms with Gasteiger partial charge in [0, 0.05) is 60.7 Å². The zero-order chi connectivity index (χ0) is 17.8. The van der Waals surface area contributed by atoms with Crippen molar-refractivity contribution in [3.05, 3.63) is 0 Å². The summed E-state index contributed by atoms with van der Waals surface area (Å²) in [5.74, 6) is 1.40. The van der Waals surface area contributed by atoms with E-state index in [1.165, 1.54) is 0 Å². The highest BCUT2D eigenvalue weighted by molar-refractivity contribution is 14.0. The first-order valence-corrected chi connectivity index (χ1v) is 8.89. The van der Waals surface area contributed by atoms with Crippen molar-refractivity contribution >= 4 is 35.8 Å². The molecule has 0 saturated carbocycles. The van der Waals surface area contributed by atoms with Crippen LogP contribution in [0.15, 0.2) is 4.99 Å². The molecule has 25 heavy (non-hydrogen) atoms. The van der Waals surface area contributed by atoms with Crippen LogP contribution in [0.4, 0.5) is 0 Å². The summed E-state index contributed by atoms with van der Waals surface area (Å²) in [5.41, 5.74) is 0. The van der Waals surface area contributed by atoms with Crippen LogP contribution < -0.4 is 5.32 Å². The third kappa shape index (κ3) is 10.9. The van der Waals surface area contributed by atoms with Crippen molar-refractivity contribution < 1.29 is 14.3 Å². The average molecular weight is 470 g/mol. The first-order chi connectivity index (χ1) is 11.5. The number of likely N-dealkylation sites (N-methyl/N-ethyl adjacent to an activating group) is 1. The van der Waals surface area contributed by atoms with Crippen LogP contribution in [0.3, 0.4) is 0 Å². The molecule has 0 unspecified atom stereocenters. The number of ether oxygens (including phenoxy) is 2. The van der Waals surface area contributed by atoms with E-state index in [-0.39, 0.29) is 36.4 Å². The van der Waals surface area contributed by atoms with Crippen LogP contribution >= 0.6 is 24.0 Å². The maximum absolute atomic E-state index is 11.8. The number of nitrogens with zero attached hydrogens (tertiary/aromatic N) is 3. The summed E-state index contributed by atoms with van der Waals surface area (Å²) in [6.45, 7) is 7.02. The Kier molecular flexibility index (Phi) is 14.2. The molecule has 0 atom stereocenters. The van der Waals surface area contributed by atoms with E-state index in [4.69, 9.17) is 9.47 Å². The molecule has 0 bridgehead atoms. The number of nitrogens with one attached hydrogen (secondary N) is 1. The fraction of sp³-hybridized carbons (Fsp3) is 0.882. The summed E-state index contributed by atoms with van der Waals surface area (Å²) < 4.78 is 10.8. The molecule has 1 saturated heterocycles.